The van der Waals surface area contributed by atoms with Crippen LogP contribution in [0.15, 0.2) is 59.3 Å². The molecule has 2 heterocycles. The van der Waals surface area contributed by atoms with E-state index >= 15 is 0 Å². The summed E-state index contributed by atoms with van der Waals surface area (Å²) in [5.74, 6) is 6.38. The van der Waals surface area contributed by atoms with E-state index in [0.717, 1.165) is 29.9 Å². The van der Waals surface area contributed by atoms with Gasteiger partial charge in [0.25, 0.3) is 5.72 Å². The maximum absolute atomic E-state index is 11.8. The van der Waals surface area contributed by atoms with Gasteiger partial charge >= 0.3 is 5.97 Å². The third kappa shape index (κ3) is 4.58. The zero-order valence-electron chi connectivity index (χ0n) is 16.6. The quantitative estimate of drug-likeness (QED) is 0.458. The van der Waals surface area contributed by atoms with Gasteiger partial charge in [0.1, 0.15) is 5.76 Å². The molecule has 1 unspecified atom stereocenters. The van der Waals surface area contributed by atoms with E-state index in [1.165, 1.54) is 11.7 Å². The molecule has 0 amide bonds. The Morgan fingerprint density at radius 1 is 1.21 bits per heavy atom. The van der Waals surface area contributed by atoms with E-state index in [-0.39, 0.29) is 6.42 Å². The number of aryl methyl sites for hydroxylation is 2. The van der Waals surface area contributed by atoms with Crippen molar-refractivity contribution in [1.82, 2.24) is 9.55 Å². The lowest BCUT2D eigenvalue weighted by Crippen LogP contribution is -2.42. The van der Waals surface area contributed by atoms with Gasteiger partial charge in [-0.2, -0.15) is 0 Å². The summed E-state index contributed by atoms with van der Waals surface area (Å²) >= 11 is 0. The largest absolute Gasteiger partial charge is 0.478 e. The maximum atomic E-state index is 11.8. The van der Waals surface area contributed by atoms with Crippen LogP contribution in [0.5, 0.6) is 0 Å². The van der Waals surface area contributed by atoms with Crippen LogP contribution in [0.2, 0.25) is 0 Å². The van der Waals surface area contributed by atoms with Gasteiger partial charge < -0.3 is 18.8 Å². The van der Waals surface area contributed by atoms with Crippen LogP contribution in [0.3, 0.4) is 0 Å². The molecule has 0 saturated carbocycles. The van der Waals surface area contributed by atoms with Crippen LogP contribution in [0.25, 0.3) is 11.5 Å². The van der Waals surface area contributed by atoms with Crippen LogP contribution in [0, 0.1) is 18.8 Å². The van der Waals surface area contributed by atoms with Crippen molar-refractivity contribution < 1.29 is 19.1 Å². The summed E-state index contributed by atoms with van der Waals surface area (Å²) in [5.41, 5.74) is 0.370. The number of carbonyl (C=O) groups is 1. The molecule has 0 aliphatic carbocycles. The zero-order chi connectivity index (χ0) is 20.7. The minimum atomic E-state index is -1.51. The van der Waals surface area contributed by atoms with Gasteiger partial charge in [0.2, 0.25) is 5.89 Å². The van der Waals surface area contributed by atoms with E-state index < -0.39 is 11.7 Å². The van der Waals surface area contributed by atoms with Crippen molar-refractivity contribution in [3.8, 4) is 23.3 Å². The van der Waals surface area contributed by atoms with E-state index in [0.29, 0.717) is 12.3 Å². The first kappa shape index (κ1) is 20.4. The predicted octanol–water partition coefficient (Wildman–Crippen LogP) is 4.25. The molecule has 0 radical (unpaired) electrons. The topological polar surface area (TPSA) is 77.5 Å². The number of hydrogen-bond donors (Lipinski definition) is 1. The monoisotopic (exact) mass is 392 g/mol. The molecule has 29 heavy (non-hydrogen) atoms. The average Bonchev–Trinajstić information content (AvgIpc) is 3.39. The first-order chi connectivity index (χ1) is 14.1. The Hall–Kier alpha value is -3.30. The molecule has 0 bridgehead atoms. The summed E-state index contributed by atoms with van der Waals surface area (Å²) in [4.78, 5) is 16.4. The standard InChI is InChI=1S/C23H24N2O4/c1-18-20(24-21(29-18)19-12-6-5-7-13-19)14-8-3-4-9-15-23(28-2,22(26)27)25-16-10-11-17-25/h5-7,10-13,16-17H,3,8,14-15H2,1-2H3,(H,26,27). The number of carboxylic acid groups (broad SMARTS) is 1. The van der Waals surface area contributed by atoms with E-state index in [9.17, 15) is 9.90 Å². The molecule has 0 saturated heterocycles. The molecule has 6 nitrogen and oxygen atoms in total. The average molecular weight is 392 g/mol. The molecule has 1 N–H and O–H groups in total. The fourth-order valence-electron chi connectivity index (χ4n) is 3.10. The summed E-state index contributed by atoms with van der Waals surface area (Å²) in [5, 5.41) is 9.64. The van der Waals surface area contributed by atoms with Gasteiger partial charge in [0.15, 0.2) is 0 Å². The van der Waals surface area contributed by atoms with Crippen molar-refractivity contribution in [2.45, 2.75) is 38.3 Å². The second-order valence-corrected chi connectivity index (χ2v) is 6.66. The molecule has 3 aromatic rings. The predicted molar refractivity (Wildman–Crippen MR) is 109 cm³/mol. The van der Waals surface area contributed by atoms with E-state index in [1.54, 1.807) is 24.5 Å². The van der Waals surface area contributed by atoms with Gasteiger partial charge in [-0.3, -0.25) is 0 Å². The SMILES string of the molecule is COC(CC#CCCCc1nc(-c2ccccc2)oc1C)(C(=O)O)n1cccc1. The molecule has 6 heteroatoms. The lowest BCUT2D eigenvalue weighted by molar-refractivity contribution is -0.175. The molecular formula is C23H24N2O4. The number of carboxylic acids is 1. The Balaban J connectivity index is 1.57. The van der Waals surface area contributed by atoms with Crippen molar-refractivity contribution >= 4 is 5.97 Å². The molecule has 0 aliphatic rings. The number of ether oxygens (including phenoxy) is 1. The van der Waals surface area contributed by atoms with Crippen molar-refractivity contribution in [2.24, 2.45) is 0 Å². The first-order valence-corrected chi connectivity index (χ1v) is 9.46. The lowest BCUT2D eigenvalue weighted by atomic mass is 10.1. The number of methoxy groups -OCH3 is 1. The van der Waals surface area contributed by atoms with Crippen molar-refractivity contribution in [2.75, 3.05) is 7.11 Å². The summed E-state index contributed by atoms with van der Waals surface area (Å²) < 4.78 is 12.6. The van der Waals surface area contributed by atoms with Crippen molar-refractivity contribution in [3.63, 3.8) is 0 Å². The normalized spacial score (nSPS) is 12.8. The molecule has 1 aromatic carbocycles. The van der Waals surface area contributed by atoms with Crippen LogP contribution < -0.4 is 0 Å². The minimum Gasteiger partial charge on any atom is -0.478 e. The summed E-state index contributed by atoms with van der Waals surface area (Å²) in [6, 6.07) is 13.3. The van der Waals surface area contributed by atoms with Crippen molar-refractivity contribution in [3.05, 3.63) is 66.3 Å². The van der Waals surface area contributed by atoms with E-state index in [2.05, 4.69) is 16.8 Å². The molecule has 150 valence electrons. The van der Waals surface area contributed by atoms with Gasteiger partial charge in [-0.15, -0.1) is 5.92 Å². The van der Waals surface area contributed by atoms with Crippen LogP contribution >= 0.6 is 0 Å². The van der Waals surface area contributed by atoms with E-state index in [4.69, 9.17) is 9.15 Å². The smallest absolute Gasteiger partial charge is 0.358 e. The minimum absolute atomic E-state index is 0.0641. The highest BCUT2D eigenvalue weighted by molar-refractivity contribution is 5.75. The van der Waals surface area contributed by atoms with Gasteiger partial charge in [0, 0.05) is 31.5 Å². The zero-order valence-corrected chi connectivity index (χ0v) is 16.6. The first-order valence-electron chi connectivity index (χ1n) is 9.46. The Kier molecular flexibility index (Phi) is 6.53. The second kappa shape index (κ2) is 9.26. The van der Waals surface area contributed by atoms with Gasteiger partial charge in [-0.25, -0.2) is 9.78 Å². The van der Waals surface area contributed by atoms with Gasteiger partial charge in [-0.05, 0) is 44.0 Å². The Morgan fingerprint density at radius 3 is 2.59 bits per heavy atom. The number of benzene rings is 1. The molecule has 0 aliphatic heterocycles. The third-order valence-electron chi connectivity index (χ3n) is 4.78. The fraction of sp³-hybridized carbons (Fsp3) is 0.304. The third-order valence-corrected chi connectivity index (χ3v) is 4.78. The number of aromatic nitrogens is 2. The van der Waals surface area contributed by atoms with Crippen molar-refractivity contribution in [1.29, 1.82) is 0 Å². The lowest BCUT2D eigenvalue weighted by Gasteiger charge is -2.27. The molecule has 1 atom stereocenters. The Bertz CT molecular complexity index is 997. The highest BCUT2D eigenvalue weighted by Crippen LogP contribution is 2.23. The van der Waals surface area contributed by atoms with Gasteiger partial charge in [0.05, 0.1) is 12.1 Å². The van der Waals surface area contributed by atoms with E-state index in [1.807, 2.05) is 37.3 Å². The van der Waals surface area contributed by atoms with Gasteiger partial charge in [-0.1, -0.05) is 24.1 Å². The molecule has 2 aromatic heterocycles. The number of rotatable bonds is 8. The maximum Gasteiger partial charge on any atom is 0.358 e. The Morgan fingerprint density at radius 2 is 1.93 bits per heavy atom. The van der Waals surface area contributed by atoms with Crippen LogP contribution in [0.4, 0.5) is 0 Å². The van der Waals surface area contributed by atoms with Crippen LogP contribution in [-0.2, 0) is 21.7 Å². The number of unbranched alkanes of at least 4 members (excludes halogenated alkanes) is 1. The molecule has 0 spiro atoms. The highest BCUT2D eigenvalue weighted by Gasteiger charge is 2.39. The summed E-state index contributed by atoms with van der Waals surface area (Å²) in [6.45, 7) is 1.91. The summed E-state index contributed by atoms with van der Waals surface area (Å²) in [6.07, 6.45) is 5.59. The fourth-order valence-corrected chi connectivity index (χ4v) is 3.10. The second-order valence-electron chi connectivity index (χ2n) is 6.66. The number of oxazole rings is 1. The molecule has 3 rings (SSSR count). The molecular weight excluding hydrogens is 368 g/mol. The van der Waals surface area contributed by atoms with Crippen LogP contribution in [-0.4, -0.2) is 27.7 Å². The number of hydrogen-bond acceptors (Lipinski definition) is 4. The number of aliphatic carboxylic acids is 1. The molecule has 0 fully saturated rings. The van der Waals surface area contributed by atoms with Crippen LogP contribution in [0.1, 0.15) is 30.7 Å². The summed E-state index contributed by atoms with van der Waals surface area (Å²) in [7, 11) is 1.38. The Labute approximate surface area is 170 Å². The number of nitrogens with zero attached hydrogens (tertiary/aromatic N) is 2. The highest BCUT2D eigenvalue weighted by atomic mass is 16.5.